The van der Waals surface area contributed by atoms with E-state index >= 15 is 0 Å². The number of rotatable bonds is 4. The van der Waals surface area contributed by atoms with Gasteiger partial charge in [0.05, 0.1) is 16.8 Å². The van der Waals surface area contributed by atoms with Crippen molar-refractivity contribution in [2.24, 2.45) is 0 Å². The third-order valence-electron chi connectivity index (χ3n) is 6.18. The summed E-state index contributed by atoms with van der Waals surface area (Å²) in [5.41, 5.74) is 4.36. The largest absolute Gasteiger partial charge is 0.269 e. The molecule has 4 aromatic heterocycles. The maximum Gasteiger partial charge on any atom is 0.269 e. The molecule has 34 heavy (non-hydrogen) atoms. The van der Waals surface area contributed by atoms with E-state index in [9.17, 15) is 12.8 Å². The molecule has 0 spiro atoms. The van der Waals surface area contributed by atoms with E-state index in [2.05, 4.69) is 9.97 Å². The molecule has 0 amide bonds. The molecule has 0 atom stereocenters. The molecular weight excluding hydrogens is 453 g/mol. The highest BCUT2D eigenvalue weighted by molar-refractivity contribution is 7.90. The highest BCUT2D eigenvalue weighted by Crippen LogP contribution is 2.39. The summed E-state index contributed by atoms with van der Waals surface area (Å²) >= 11 is 0. The molecule has 5 heterocycles. The van der Waals surface area contributed by atoms with E-state index in [0.29, 0.717) is 22.4 Å². The second-order valence-electron chi connectivity index (χ2n) is 8.24. The minimum Gasteiger partial charge on any atom is -0.268 e. The molecule has 0 saturated carbocycles. The van der Waals surface area contributed by atoms with Crippen LogP contribution in [0.1, 0.15) is 18.5 Å². The smallest absolute Gasteiger partial charge is 0.268 e. The van der Waals surface area contributed by atoms with Crippen molar-refractivity contribution < 1.29 is 12.8 Å². The topological polar surface area (TPSA) is 82.7 Å². The fourth-order valence-corrected chi connectivity index (χ4v) is 5.92. The van der Waals surface area contributed by atoms with E-state index in [4.69, 9.17) is 5.10 Å². The Balaban J connectivity index is 1.59. The van der Waals surface area contributed by atoms with Gasteiger partial charge in [0.25, 0.3) is 10.0 Å². The first-order valence-electron chi connectivity index (χ1n) is 11.0. The van der Waals surface area contributed by atoms with Crippen LogP contribution in [0.3, 0.4) is 0 Å². The summed E-state index contributed by atoms with van der Waals surface area (Å²) in [4.78, 5) is 8.89. The van der Waals surface area contributed by atoms with Crippen molar-refractivity contribution in [1.82, 2.24) is 23.7 Å². The van der Waals surface area contributed by atoms with Crippen molar-refractivity contribution in [3.8, 4) is 22.5 Å². The summed E-state index contributed by atoms with van der Waals surface area (Å²) in [6, 6.07) is 14.9. The van der Waals surface area contributed by atoms with Crippen molar-refractivity contribution in [2.75, 3.05) is 0 Å². The number of fused-ring (bicyclic) bond motifs is 2. The maximum atomic E-state index is 13.6. The van der Waals surface area contributed by atoms with Gasteiger partial charge in [0.2, 0.25) is 0 Å². The maximum absolute atomic E-state index is 13.6. The molecule has 1 aliphatic rings. The van der Waals surface area contributed by atoms with Gasteiger partial charge in [-0.3, -0.25) is 9.67 Å². The number of halogens is 1. The molecule has 0 N–H and O–H groups in total. The average molecular weight is 474 g/mol. The molecule has 7 nitrogen and oxygen atoms in total. The molecule has 1 aromatic carbocycles. The van der Waals surface area contributed by atoms with Crippen molar-refractivity contribution >= 4 is 21.1 Å². The average Bonchev–Trinajstić information content (AvgIpc) is 3.47. The van der Waals surface area contributed by atoms with Gasteiger partial charge in [0, 0.05) is 35.6 Å². The van der Waals surface area contributed by atoms with Gasteiger partial charge in [-0.25, -0.2) is 21.8 Å². The molecule has 6 rings (SSSR count). The molecule has 170 valence electrons. The monoisotopic (exact) mass is 473 g/mol. The summed E-state index contributed by atoms with van der Waals surface area (Å²) in [5.74, 6) is -0.413. The first kappa shape index (κ1) is 20.7. The zero-order valence-corrected chi connectivity index (χ0v) is 18.9. The van der Waals surface area contributed by atoms with Crippen LogP contribution >= 0.6 is 0 Å². The van der Waals surface area contributed by atoms with Crippen LogP contribution in [0.25, 0.3) is 33.5 Å². The van der Waals surface area contributed by atoms with Crippen LogP contribution in [0.2, 0.25) is 0 Å². The first-order chi connectivity index (χ1) is 16.5. The molecule has 0 unspecified atom stereocenters. The molecule has 0 aliphatic carbocycles. The van der Waals surface area contributed by atoms with E-state index in [-0.39, 0.29) is 4.90 Å². The minimum absolute atomic E-state index is 0.193. The lowest BCUT2D eigenvalue weighted by atomic mass is 9.96. The molecule has 0 bridgehead atoms. The molecule has 5 aromatic rings. The summed E-state index contributed by atoms with van der Waals surface area (Å²) in [5, 5.41) is 5.52. The quantitative estimate of drug-likeness (QED) is 0.379. The van der Waals surface area contributed by atoms with Gasteiger partial charge < -0.3 is 0 Å². The summed E-state index contributed by atoms with van der Waals surface area (Å²) in [6.45, 7) is 0.793. The van der Waals surface area contributed by atoms with E-state index < -0.39 is 15.8 Å². The Kier molecular flexibility index (Phi) is 4.80. The third kappa shape index (κ3) is 3.23. The fourth-order valence-electron chi connectivity index (χ4n) is 4.60. The number of aryl methyl sites for hydroxylation is 1. The van der Waals surface area contributed by atoms with E-state index in [1.807, 2.05) is 10.7 Å². The number of nitrogens with zero attached hydrogens (tertiary/aromatic N) is 5. The number of aromatic nitrogens is 5. The van der Waals surface area contributed by atoms with Gasteiger partial charge >= 0.3 is 0 Å². The van der Waals surface area contributed by atoms with Crippen molar-refractivity contribution in [1.29, 1.82) is 0 Å². The van der Waals surface area contributed by atoms with Gasteiger partial charge in [0.1, 0.15) is 11.5 Å². The zero-order valence-electron chi connectivity index (χ0n) is 18.1. The summed E-state index contributed by atoms with van der Waals surface area (Å²) in [6.07, 6.45) is 7.24. The van der Waals surface area contributed by atoms with E-state index in [0.717, 1.165) is 42.6 Å². The Morgan fingerprint density at radius 3 is 2.59 bits per heavy atom. The number of hydrogen-bond acceptors (Lipinski definition) is 5. The lowest BCUT2D eigenvalue weighted by Gasteiger charge is -2.15. The molecule has 0 radical (unpaired) electrons. The third-order valence-corrected chi connectivity index (χ3v) is 7.87. The summed E-state index contributed by atoms with van der Waals surface area (Å²) in [7, 11) is -3.81. The number of hydrogen-bond donors (Lipinski definition) is 0. The van der Waals surface area contributed by atoms with Crippen molar-refractivity contribution in [3.63, 3.8) is 0 Å². The van der Waals surface area contributed by atoms with Gasteiger partial charge in [-0.2, -0.15) is 5.10 Å². The molecular formula is C25H20FN5O2S. The standard InChI is InChI=1S/C25H20FN5O2S/c26-17-9-10-21(28-16-17)24-23(22-8-4-5-14-30(22)29-24)19-11-13-27-25-20(19)12-15-31(25)34(32,33)18-6-2-1-3-7-18/h1-3,6-7,9-13,15-16H,4-5,8,14H2. The van der Waals surface area contributed by atoms with Crippen LogP contribution < -0.4 is 0 Å². The Labute approximate surface area is 195 Å². The highest BCUT2D eigenvalue weighted by atomic mass is 32.2. The van der Waals surface area contributed by atoms with Gasteiger partial charge in [0.15, 0.2) is 5.65 Å². The number of benzene rings is 1. The Hall–Kier alpha value is -3.85. The minimum atomic E-state index is -3.81. The lowest BCUT2D eigenvalue weighted by molar-refractivity contribution is 0.487. The molecule has 1 aliphatic heterocycles. The van der Waals surface area contributed by atoms with Crippen LogP contribution in [0.15, 0.2) is 78.1 Å². The molecule has 9 heteroatoms. The second-order valence-corrected chi connectivity index (χ2v) is 10.1. The first-order valence-corrected chi connectivity index (χ1v) is 12.5. The van der Waals surface area contributed by atoms with Gasteiger partial charge in [-0.05, 0) is 61.2 Å². The van der Waals surface area contributed by atoms with Gasteiger partial charge in [-0.1, -0.05) is 18.2 Å². The lowest BCUT2D eigenvalue weighted by Crippen LogP contribution is -2.12. The van der Waals surface area contributed by atoms with Gasteiger partial charge in [-0.15, -0.1) is 0 Å². The van der Waals surface area contributed by atoms with Crippen LogP contribution in [0, 0.1) is 5.82 Å². The van der Waals surface area contributed by atoms with E-state index in [1.54, 1.807) is 48.7 Å². The zero-order chi connectivity index (χ0) is 23.3. The predicted octanol–water partition coefficient (Wildman–Crippen LogP) is 4.67. The molecule has 0 saturated heterocycles. The second kappa shape index (κ2) is 7.88. The summed E-state index contributed by atoms with van der Waals surface area (Å²) < 4.78 is 43.4. The predicted molar refractivity (Wildman–Crippen MR) is 126 cm³/mol. The Bertz CT molecular complexity index is 1620. The normalized spacial score (nSPS) is 13.8. The van der Waals surface area contributed by atoms with Crippen LogP contribution in [-0.2, 0) is 23.0 Å². The SMILES string of the molecule is O=S(=O)(c1ccccc1)n1ccc2c(-c3c(-c4ccc(F)cn4)nn4c3CCCC4)ccnc21. The van der Waals surface area contributed by atoms with Crippen LogP contribution in [-0.4, -0.2) is 32.1 Å². The Morgan fingerprint density at radius 1 is 0.941 bits per heavy atom. The number of pyridine rings is 2. The highest BCUT2D eigenvalue weighted by Gasteiger charge is 2.27. The van der Waals surface area contributed by atoms with Crippen molar-refractivity contribution in [3.05, 3.63) is 84.7 Å². The molecule has 0 fully saturated rings. The van der Waals surface area contributed by atoms with Crippen LogP contribution in [0.4, 0.5) is 4.39 Å². The van der Waals surface area contributed by atoms with E-state index in [1.165, 1.54) is 22.4 Å². The van der Waals surface area contributed by atoms with Crippen molar-refractivity contribution in [2.45, 2.75) is 30.7 Å². The van der Waals surface area contributed by atoms with Crippen LogP contribution in [0.5, 0.6) is 0 Å². The fraction of sp³-hybridized carbons (Fsp3) is 0.160. The Morgan fingerprint density at radius 2 is 1.79 bits per heavy atom.